The van der Waals surface area contributed by atoms with Gasteiger partial charge in [0.05, 0.1) is 12.6 Å². The summed E-state index contributed by atoms with van der Waals surface area (Å²) in [5.41, 5.74) is 1.88. The molecular formula is C26H30ClN3O4S. The lowest BCUT2D eigenvalue weighted by atomic mass is 10.0. The van der Waals surface area contributed by atoms with Crippen molar-refractivity contribution in [2.45, 2.75) is 51.0 Å². The molecule has 0 unspecified atom stereocenters. The molecule has 0 radical (unpaired) electrons. The number of aliphatic imine (C=N–C) groups is 1. The molecule has 1 aliphatic heterocycles. The van der Waals surface area contributed by atoms with Crippen molar-refractivity contribution < 1.29 is 19.8 Å². The summed E-state index contributed by atoms with van der Waals surface area (Å²) in [7, 11) is 0. The van der Waals surface area contributed by atoms with Crippen LogP contribution in [0.1, 0.15) is 35.1 Å². The van der Waals surface area contributed by atoms with Gasteiger partial charge in [0, 0.05) is 33.9 Å². The maximum Gasteiger partial charge on any atom is 0.255 e. The van der Waals surface area contributed by atoms with Crippen molar-refractivity contribution in [2.24, 2.45) is 4.99 Å². The van der Waals surface area contributed by atoms with Gasteiger partial charge >= 0.3 is 0 Å². The van der Waals surface area contributed by atoms with Crippen LogP contribution >= 0.6 is 22.9 Å². The number of rotatable bonds is 10. The molecule has 1 fully saturated rings. The molecule has 0 saturated carbocycles. The van der Waals surface area contributed by atoms with E-state index >= 15 is 0 Å². The summed E-state index contributed by atoms with van der Waals surface area (Å²) >= 11 is 7.75. The average molecular weight is 516 g/mol. The van der Waals surface area contributed by atoms with Gasteiger partial charge in [-0.15, -0.1) is 11.3 Å². The summed E-state index contributed by atoms with van der Waals surface area (Å²) in [4.78, 5) is 32.6. The van der Waals surface area contributed by atoms with Gasteiger partial charge in [-0.3, -0.25) is 14.6 Å². The Kier molecular flexibility index (Phi) is 9.80. The smallest absolute Gasteiger partial charge is 0.255 e. The maximum absolute atomic E-state index is 12.9. The summed E-state index contributed by atoms with van der Waals surface area (Å²) in [6.07, 6.45) is 3.61. The minimum absolute atomic E-state index is 0.179. The number of benzene rings is 1. The molecule has 1 aliphatic rings. The minimum atomic E-state index is -1.87. The van der Waals surface area contributed by atoms with Crippen molar-refractivity contribution in [2.75, 3.05) is 6.54 Å². The fourth-order valence-electron chi connectivity index (χ4n) is 4.08. The molecule has 3 rings (SSSR count). The van der Waals surface area contributed by atoms with E-state index in [-0.39, 0.29) is 12.6 Å². The minimum Gasteiger partial charge on any atom is -0.380 e. The number of hydrogen-bond donors (Lipinski definition) is 3. The Bertz CT molecular complexity index is 1110. The van der Waals surface area contributed by atoms with Crippen molar-refractivity contribution in [3.05, 3.63) is 80.7 Å². The van der Waals surface area contributed by atoms with E-state index in [0.29, 0.717) is 18.0 Å². The molecule has 7 nitrogen and oxygen atoms in total. The Balaban J connectivity index is 1.56. The highest BCUT2D eigenvalue weighted by Crippen LogP contribution is 2.26. The second-order valence-corrected chi connectivity index (χ2v) is 9.88. The number of halogens is 1. The normalized spacial score (nSPS) is 18.0. The number of amides is 2. The summed E-state index contributed by atoms with van der Waals surface area (Å²) in [6.45, 7) is 5.88. The van der Waals surface area contributed by atoms with Crippen LogP contribution in [-0.4, -0.2) is 58.4 Å². The molecule has 35 heavy (non-hydrogen) atoms. The van der Waals surface area contributed by atoms with E-state index in [1.54, 1.807) is 12.3 Å². The summed E-state index contributed by atoms with van der Waals surface area (Å²) in [6, 6.07) is 11.2. The highest BCUT2D eigenvalue weighted by Gasteiger charge is 2.38. The highest BCUT2D eigenvalue weighted by atomic mass is 35.5. The second-order valence-electron chi connectivity index (χ2n) is 8.22. The Labute approximate surface area is 214 Å². The van der Waals surface area contributed by atoms with Crippen molar-refractivity contribution in [3.8, 4) is 0 Å². The average Bonchev–Trinajstić information content (AvgIpc) is 3.53. The van der Waals surface area contributed by atoms with Gasteiger partial charge in [-0.2, -0.15) is 0 Å². The third-order valence-electron chi connectivity index (χ3n) is 5.92. The number of allylic oxidation sites excluding steroid dienone is 1. The van der Waals surface area contributed by atoms with Crippen LogP contribution in [0.3, 0.4) is 0 Å². The fourth-order valence-corrected chi connectivity index (χ4v) is 5.27. The Morgan fingerprint density at radius 1 is 1.26 bits per heavy atom. The monoisotopic (exact) mass is 515 g/mol. The molecule has 2 amide bonds. The van der Waals surface area contributed by atoms with Gasteiger partial charge in [-0.05, 0) is 61.9 Å². The first-order valence-electron chi connectivity index (χ1n) is 11.4. The molecule has 2 heterocycles. The van der Waals surface area contributed by atoms with E-state index in [1.807, 2.05) is 49.4 Å². The predicted molar refractivity (Wildman–Crippen MR) is 140 cm³/mol. The molecule has 9 heteroatoms. The molecule has 1 aromatic heterocycles. The van der Waals surface area contributed by atoms with Gasteiger partial charge in [0.15, 0.2) is 12.2 Å². The van der Waals surface area contributed by atoms with Crippen molar-refractivity contribution in [1.82, 2.24) is 10.2 Å². The first-order chi connectivity index (χ1) is 16.8. The second kappa shape index (κ2) is 12.8. The van der Waals surface area contributed by atoms with Gasteiger partial charge in [0.25, 0.3) is 11.8 Å². The number of aliphatic hydroxyl groups is 2. The Morgan fingerprint density at radius 2 is 2.00 bits per heavy atom. The molecule has 3 atom stereocenters. The molecule has 2 aromatic rings. The van der Waals surface area contributed by atoms with Crippen molar-refractivity contribution in [3.63, 3.8) is 0 Å². The molecular weight excluding hydrogens is 486 g/mol. The lowest BCUT2D eigenvalue weighted by molar-refractivity contribution is -0.153. The van der Waals surface area contributed by atoms with E-state index < -0.39 is 24.0 Å². The lowest BCUT2D eigenvalue weighted by Crippen LogP contribution is -2.51. The van der Waals surface area contributed by atoms with E-state index in [2.05, 4.69) is 17.0 Å². The van der Waals surface area contributed by atoms with Crippen LogP contribution in [0, 0.1) is 0 Å². The summed E-state index contributed by atoms with van der Waals surface area (Å²) in [5.74, 6) is -1.47. The van der Waals surface area contributed by atoms with Crippen molar-refractivity contribution in [1.29, 1.82) is 0 Å². The zero-order valence-electron chi connectivity index (χ0n) is 19.6. The Morgan fingerprint density at radius 3 is 2.71 bits per heavy atom. The standard InChI is InChI=1S/C26H30ClN3O4S/c1-3-17(12-13-28-2)22-9-6-14-30(22)26(34)24(32)23(31)25(33)29-16-20-11-10-19(35-20)15-18-7-4-5-8-21(18)27/h3-5,7-8,10-13,22-24,31-32H,2,6,9,14-16H2,1H3,(H,29,33)/b13-12-,17-3+/t22-,23+,24+/m0/s1. The third-order valence-corrected chi connectivity index (χ3v) is 7.38. The first-order valence-corrected chi connectivity index (χ1v) is 12.6. The molecule has 1 saturated heterocycles. The van der Waals surface area contributed by atoms with Crippen LogP contribution in [0.15, 0.2) is 65.3 Å². The zero-order valence-corrected chi connectivity index (χ0v) is 21.1. The topological polar surface area (TPSA) is 102 Å². The van der Waals surface area contributed by atoms with Crippen molar-refractivity contribution >= 4 is 41.5 Å². The van der Waals surface area contributed by atoms with Crippen LogP contribution in [0.2, 0.25) is 5.02 Å². The van der Waals surface area contributed by atoms with Crippen LogP contribution in [0.25, 0.3) is 0 Å². The third kappa shape index (κ3) is 6.89. The lowest BCUT2D eigenvalue weighted by Gasteiger charge is -2.29. The van der Waals surface area contributed by atoms with E-state index in [9.17, 15) is 19.8 Å². The maximum atomic E-state index is 12.9. The fraction of sp³-hybridized carbons (Fsp3) is 0.346. The largest absolute Gasteiger partial charge is 0.380 e. The number of carbonyl (C=O) groups is 2. The number of carbonyl (C=O) groups excluding carboxylic acids is 2. The molecule has 186 valence electrons. The van der Waals surface area contributed by atoms with Gasteiger partial charge in [-0.1, -0.05) is 35.9 Å². The zero-order chi connectivity index (χ0) is 25.4. The van der Waals surface area contributed by atoms with Crippen LogP contribution in [0.5, 0.6) is 0 Å². The first kappa shape index (κ1) is 26.8. The van der Waals surface area contributed by atoms with Crippen LogP contribution in [-0.2, 0) is 22.6 Å². The van der Waals surface area contributed by atoms with Crippen LogP contribution in [0.4, 0.5) is 0 Å². The SMILES string of the molecule is C=N/C=C\C(=C/C)[C@@H]1CCCN1C(=O)[C@H](O)[C@@H](O)C(=O)NCc1ccc(Cc2ccccc2Cl)s1. The number of thiophene rings is 1. The van der Waals surface area contributed by atoms with Crippen LogP contribution < -0.4 is 5.32 Å². The van der Waals surface area contributed by atoms with Gasteiger partial charge in [-0.25, -0.2) is 0 Å². The van der Waals surface area contributed by atoms with Gasteiger partial charge < -0.3 is 20.4 Å². The summed E-state index contributed by atoms with van der Waals surface area (Å²) in [5, 5.41) is 24.2. The molecule has 0 spiro atoms. The van der Waals surface area contributed by atoms with E-state index in [4.69, 9.17) is 11.6 Å². The molecule has 0 bridgehead atoms. The number of likely N-dealkylation sites (tertiary alicyclic amines) is 1. The van der Waals surface area contributed by atoms with Gasteiger partial charge in [0.2, 0.25) is 0 Å². The number of aliphatic hydroxyl groups excluding tert-OH is 2. The molecule has 3 N–H and O–H groups in total. The summed E-state index contributed by atoms with van der Waals surface area (Å²) < 4.78 is 0. The quantitative estimate of drug-likeness (QED) is 0.333. The predicted octanol–water partition coefficient (Wildman–Crippen LogP) is 3.48. The highest BCUT2D eigenvalue weighted by molar-refractivity contribution is 7.12. The van der Waals surface area contributed by atoms with E-state index in [1.165, 1.54) is 16.2 Å². The molecule has 1 aromatic carbocycles. The number of nitrogens with zero attached hydrogens (tertiary/aromatic N) is 2. The van der Waals surface area contributed by atoms with Gasteiger partial charge in [0.1, 0.15) is 0 Å². The van der Waals surface area contributed by atoms with E-state index in [0.717, 1.165) is 33.7 Å². The molecule has 0 aliphatic carbocycles. The Hall–Kier alpha value is -2.78. The number of hydrogen-bond acceptors (Lipinski definition) is 6. The number of nitrogens with one attached hydrogen (secondary N) is 1.